The quantitative estimate of drug-likeness (QED) is 0.886. The second kappa shape index (κ2) is 5.37. The van der Waals surface area contributed by atoms with Crippen molar-refractivity contribution in [1.82, 2.24) is 20.1 Å². The number of pyridine rings is 1. The zero-order valence-electron chi connectivity index (χ0n) is 11.5. The molecule has 110 valence electrons. The van der Waals surface area contributed by atoms with E-state index in [2.05, 4.69) is 15.2 Å². The first kappa shape index (κ1) is 13.9. The predicted molar refractivity (Wildman–Crippen MR) is 78.7 cm³/mol. The maximum absolute atomic E-state index is 12.4. The highest BCUT2D eigenvalue weighted by Crippen LogP contribution is 2.28. The molecule has 0 saturated carbocycles. The minimum absolute atomic E-state index is 0.0287. The van der Waals surface area contributed by atoms with Crippen LogP contribution in [0.25, 0.3) is 0 Å². The van der Waals surface area contributed by atoms with Crippen molar-refractivity contribution in [3.63, 3.8) is 0 Å². The molecule has 0 aromatic carbocycles. The summed E-state index contributed by atoms with van der Waals surface area (Å²) in [5.74, 6) is 0.155. The molecule has 2 N–H and O–H groups in total. The van der Waals surface area contributed by atoms with Gasteiger partial charge in [0.25, 0.3) is 11.5 Å². The largest absolute Gasteiger partial charge is 0.338 e. The van der Waals surface area contributed by atoms with Gasteiger partial charge in [-0.05, 0) is 25.0 Å². The van der Waals surface area contributed by atoms with Crippen LogP contribution in [0.2, 0.25) is 5.02 Å². The van der Waals surface area contributed by atoms with Crippen molar-refractivity contribution in [2.24, 2.45) is 0 Å². The zero-order chi connectivity index (χ0) is 15.0. The van der Waals surface area contributed by atoms with Crippen LogP contribution >= 0.6 is 11.6 Å². The number of amides is 1. The third-order valence-corrected chi connectivity index (χ3v) is 4.14. The summed E-state index contributed by atoms with van der Waals surface area (Å²) in [4.78, 5) is 27.9. The minimum atomic E-state index is -0.388. The molecule has 1 aliphatic rings. The third-order valence-electron chi connectivity index (χ3n) is 3.86. The number of aryl methyl sites for hydroxylation is 1. The van der Waals surface area contributed by atoms with Crippen molar-refractivity contribution >= 4 is 17.5 Å². The van der Waals surface area contributed by atoms with Crippen molar-refractivity contribution in [2.75, 3.05) is 13.1 Å². The van der Waals surface area contributed by atoms with Crippen molar-refractivity contribution in [3.8, 4) is 0 Å². The van der Waals surface area contributed by atoms with Crippen LogP contribution in [0.3, 0.4) is 0 Å². The number of halogens is 1. The first-order chi connectivity index (χ1) is 10.1. The van der Waals surface area contributed by atoms with Gasteiger partial charge in [0.1, 0.15) is 5.02 Å². The van der Waals surface area contributed by atoms with Gasteiger partial charge in [0.2, 0.25) is 0 Å². The molecular formula is C14H15ClN4O2. The van der Waals surface area contributed by atoms with Crippen LogP contribution in [-0.4, -0.2) is 39.1 Å². The van der Waals surface area contributed by atoms with Gasteiger partial charge in [-0.2, -0.15) is 5.10 Å². The Morgan fingerprint density at radius 3 is 3.00 bits per heavy atom. The summed E-state index contributed by atoms with van der Waals surface area (Å²) in [6, 6.07) is 1.41. The molecule has 0 aliphatic carbocycles. The number of likely N-dealkylation sites (tertiary alicyclic amines) is 1. The molecule has 6 nitrogen and oxygen atoms in total. The van der Waals surface area contributed by atoms with Crippen LogP contribution < -0.4 is 5.56 Å². The number of hydrogen-bond acceptors (Lipinski definition) is 3. The topological polar surface area (TPSA) is 81.8 Å². The Balaban J connectivity index is 1.76. The van der Waals surface area contributed by atoms with Gasteiger partial charge in [0.05, 0.1) is 11.8 Å². The summed E-state index contributed by atoms with van der Waals surface area (Å²) in [5, 5.41) is 7.07. The molecular weight excluding hydrogens is 292 g/mol. The smallest absolute Gasteiger partial charge is 0.266 e. The summed E-state index contributed by atoms with van der Waals surface area (Å²) in [5.41, 5.74) is 2.22. The second-order valence-corrected chi connectivity index (χ2v) is 5.68. The molecule has 0 unspecified atom stereocenters. The molecule has 1 fully saturated rings. The zero-order valence-corrected chi connectivity index (χ0v) is 12.3. The fourth-order valence-electron chi connectivity index (χ4n) is 2.71. The van der Waals surface area contributed by atoms with Crippen molar-refractivity contribution < 1.29 is 4.79 Å². The highest BCUT2D eigenvalue weighted by Gasteiger charge is 2.29. The lowest BCUT2D eigenvalue weighted by Gasteiger charge is -2.16. The van der Waals surface area contributed by atoms with E-state index in [4.69, 9.17) is 11.6 Å². The first-order valence-electron chi connectivity index (χ1n) is 6.73. The van der Waals surface area contributed by atoms with Crippen molar-refractivity contribution in [2.45, 2.75) is 19.3 Å². The number of rotatable bonds is 2. The van der Waals surface area contributed by atoms with Gasteiger partial charge in [-0.1, -0.05) is 11.6 Å². The molecule has 1 amide bonds. The highest BCUT2D eigenvalue weighted by molar-refractivity contribution is 6.30. The Bertz CT molecular complexity index is 737. The molecule has 0 bridgehead atoms. The standard InChI is InChI=1S/C14H15ClN4O2/c1-8-5-17-18-12(8)9-2-3-19(7-9)14(21)10-4-11(15)13(20)16-6-10/h4-6,9H,2-3,7H2,1H3,(H,16,20)(H,17,18)/t9-/m1/s1. The monoisotopic (exact) mass is 306 g/mol. The molecule has 1 aliphatic heterocycles. The molecule has 3 rings (SSSR count). The molecule has 3 heterocycles. The van der Waals surface area contributed by atoms with E-state index in [9.17, 15) is 9.59 Å². The Morgan fingerprint density at radius 2 is 2.33 bits per heavy atom. The third kappa shape index (κ3) is 2.58. The van der Waals surface area contributed by atoms with Crippen LogP contribution in [0, 0.1) is 6.92 Å². The van der Waals surface area contributed by atoms with Gasteiger partial charge in [0, 0.05) is 30.9 Å². The molecule has 1 saturated heterocycles. The average molecular weight is 307 g/mol. The number of nitrogens with zero attached hydrogens (tertiary/aromatic N) is 2. The van der Waals surface area contributed by atoms with E-state index in [1.54, 1.807) is 11.1 Å². The van der Waals surface area contributed by atoms with Gasteiger partial charge in [-0.15, -0.1) is 0 Å². The summed E-state index contributed by atoms with van der Waals surface area (Å²) < 4.78 is 0. The number of H-pyrrole nitrogens is 2. The lowest BCUT2D eigenvalue weighted by Crippen LogP contribution is -2.29. The lowest BCUT2D eigenvalue weighted by atomic mass is 10.0. The maximum atomic E-state index is 12.4. The van der Waals surface area contributed by atoms with Gasteiger partial charge in [0.15, 0.2) is 0 Å². The van der Waals surface area contributed by atoms with Crippen LogP contribution in [0.4, 0.5) is 0 Å². The molecule has 0 radical (unpaired) electrons. The fraction of sp³-hybridized carbons (Fsp3) is 0.357. The Kier molecular flexibility index (Phi) is 3.55. The van der Waals surface area contributed by atoms with Crippen LogP contribution in [0.5, 0.6) is 0 Å². The van der Waals surface area contributed by atoms with Crippen LogP contribution in [0.1, 0.15) is 34.0 Å². The normalized spacial score (nSPS) is 18.2. The molecule has 7 heteroatoms. The summed E-state index contributed by atoms with van der Waals surface area (Å²) in [6.45, 7) is 3.32. The fourth-order valence-corrected chi connectivity index (χ4v) is 2.88. The number of carbonyl (C=O) groups excluding carboxylic acids is 1. The van der Waals surface area contributed by atoms with Gasteiger partial charge >= 0.3 is 0 Å². The maximum Gasteiger partial charge on any atom is 0.266 e. The van der Waals surface area contributed by atoms with E-state index in [0.717, 1.165) is 17.7 Å². The van der Waals surface area contributed by atoms with Crippen molar-refractivity contribution in [1.29, 1.82) is 0 Å². The average Bonchev–Trinajstić information content (AvgIpc) is 3.09. The molecule has 21 heavy (non-hydrogen) atoms. The van der Waals surface area contributed by atoms with E-state index in [0.29, 0.717) is 18.7 Å². The minimum Gasteiger partial charge on any atom is -0.338 e. The van der Waals surface area contributed by atoms with Crippen LogP contribution in [-0.2, 0) is 0 Å². The van der Waals surface area contributed by atoms with E-state index < -0.39 is 0 Å². The Morgan fingerprint density at radius 1 is 1.52 bits per heavy atom. The first-order valence-corrected chi connectivity index (χ1v) is 7.11. The predicted octanol–water partition coefficient (Wildman–Crippen LogP) is 1.69. The van der Waals surface area contributed by atoms with E-state index >= 15 is 0 Å². The summed E-state index contributed by atoms with van der Waals surface area (Å²) in [7, 11) is 0. The lowest BCUT2D eigenvalue weighted by molar-refractivity contribution is 0.0790. The molecule has 1 atom stereocenters. The second-order valence-electron chi connectivity index (χ2n) is 5.27. The molecule has 2 aromatic heterocycles. The molecule has 0 spiro atoms. The number of nitrogens with one attached hydrogen (secondary N) is 2. The summed E-state index contributed by atoms with van der Waals surface area (Å²) >= 11 is 5.77. The van der Waals surface area contributed by atoms with Crippen molar-refractivity contribution in [3.05, 3.63) is 50.7 Å². The van der Waals surface area contributed by atoms with Gasteiger partial charge < -0.3 is 9.88 Å². The van der Waals surface area contributed by atoms with E-state index in [1.807, 2.05) is 6.92 Å². The number of carbonyl (C=O) groups is 1. The SMILES string of the molecule is Cc1cn[nH]c1[C@@H]1CCN(C(=O)c2c[nH]c(=O)c(Cl)c2)C1. The Hall–Kier alpha value is -2.08. The molecule has 2 aromatic rings. The summed E-state index contributed by atoms with van der Waals surface area (Å²) in [6.07, 6.45) is 4.10. The Labute approximate surface area is 126 Å². The van der Waals surface area contributed by atoms with E-state index in [-0.39, 0.29) is 22.4 Å². The highest BCUT2D eigenvalue weighted by atomic mass is 35.5. The number of hydrogen-bond donors (Lipinski definition) is 2. The van der Waals surface area contributed by atoms with Gasteiger partial charge in [-0.3, -0.25) is 14.7 Å². The van der Waals surface area contributed by atoms with E-state index in [1.165, 1.54) is 12.3 Å². The van der Waals surface area contributed by atoms with Crippen LogP contribution in [0.15, 0.2) is 23.3 Å². The number of aromatic amines is 2. The number of aromatic nitrogens is 3. The van der Waals surface area contributed by atoms with Gasteiger partial charge in [-0.25, -0.2) is 0 Å².